The van der Waals surface area contributed by atoms with Gasteiger partial charge in [-0.3, -0.25) is 4.79 Å². The van der Waals surface area contributed by atoms with E-state index in [1.54, 1.807) is 0 Å². The van der Waals surface area contributed by atoms with Gasteiger partial charge in [0, 0.05) is 0 Å². The van der Waals surface area contributed by atoms with E-state index in [1.165, 1.54) is 18.4 Å². The molecule has 1 saturated carbocycles. The molecule has 0 radical (unpaired) electrons. The van der Waals surface area contributed by atoms with Crippen molar-refractivity contribution in [2.45, 2.75) is 63.7 Å². The highest BCUT2D eigenvalue weighted by atomic mass is 16.4. The number of carboxylic acid groups (broad SMARTS) is 1. The van der Waals surface area contributed by atoms with Gasteiger partial charge in [-0.2, -0.15) is 0 Å². The van der Waals surface area contributed by atoms with E-state index in [1.807, 2.05) is 12.1 Å². The summed E-state index contributed by atoms with van der Waals surface area (Å²) in [7, 11) is 0. The lowest BCUT2D eigenvalue weighted by Gasteiger charge is -2.29. The quantitative estimate of drug-likeness (QED) is 0.813. The van der Waals surface area contributed by atoms with Crippen molar-refractivity contribution < 1.29 is 9.90 Å². The number of carbonyl (C=O) groups is 1. The van der Waals surface area contributed by atoms with E-state index in [2.05, 4.69) is 26.0 Å². The van der Waals surface area contributed by atoms with Gasteiger partial charge in [0.15, 0.2) is 0 Å². The summed E-state index contributed by atoms with van der Waals surface area (Å²) in [6.07, 6.45) is 5.95. The third-order valence-corrected chi connectivity index (χ3v) is 4.50. The highest BCUT2D eigenvalue weighted by Gasteiger charge is 2.40. The minimum Gasteiger partial charge on any atom is -0.481 e. The molecule has 1 aromatic rings. The number of carboxylic acids is 1. The van der Waals surface area contributed by atoms with Gasteiger partial charge >= 0.3 is 5.97 Å². The molecule has 2 heteroatoms. The fourth-order valence-electron chi connectivity index (χ4n) is 3.15. The molecule has 0 aliphatic heterocycles. The molecule has 19 heavy (non-hydrogen) atoms. The van der Waals surface area contributed by atoms with E-state index >= 15 is 0 Å². The van der Waals surface area contributed by atoms with Gasteiger partial charge in [-0.25, -0.2) is 0 Å². The molecule has 0 bridgehead atoms. The lowest BCUT2D eigenvalue weighted by Crippen LogP contribution is -2.35. The molecule has 0 atom stereocenters. The Kier molecular flexibility index (Phi) is 4.28. The van der Waals surface area contributed by atoms with E-state index in [9.17, 15) is 9.90 Å². The van der Waals surface area contributed by atoms with Crippen LogP contribution in [0.25, 0.3) is 0 Å². The zero-order valence-electron chi connectivity index (χ0n) is 12.0. The van der Waals surface area contributed by atoms with E-state index in [-0.39, 0.29) is 0 Å². The highest BCUT2D eigenvalue weighted by molar-refractivity contribution is 5.81. The van der Waals surface area contributed by atoms with Crippen LogP contribution in [0.3, 0.4) is 0 Å². The normalized spacial score (nSPS) is 19.1. The van der Waals surface area contributed by atoms with Crippen LogP contribution in [0.4, 0.5) is 0 Å². The van der Waals surface area contributed by atoms with Gasteiger partial charge in [-0.05, 0) is 29.9 Å². The van der Waals surface area contributed by atoms with Gasteiger partial charge in [-0.1, -0.05) is 63.8 Å². The fourth-order valence-corrected chi connectivity index (χ4v) is 3.15. The van der Waals surface area contributed by atoms with Crippen molar-refractivity contribution in [3.8, 4) is 0 Å². The fraction of sp³-hybridized carbons (Fsp3) is 0.588. The van der Waals surface area contributed by atoms with E-state index in [0.717, 1.165) is 31.2 Å². The monoisotopic (exact) mass is 260 g/mol. The minimum absolute atomic E-state index is 0.490. The smallest absolute Gasteiger partial charge is 0.314 e. The Morgan fingerprint density at radius 1 is 1.05 bits per heavy atom. The molecule has 0 saturated heterocycles. The number of rotatable bonds is 3. The first-order valence-electron chi connectivity index (χ1n) is 7.40. The van der Waals surface area contributed by atoms with E-state index in [0.29, 0.717) is 5.92 Å². The second-order valence-corrected chi connectivity index (χ2v) is 6.08. The van der Waals surface area contributed by atoms with Crippen LogP contribution in [0.5, 0.6) is 0 Å². The molecular weight excluding hydrogens is 236 g/mol. The van der Waals surface area contributed by atoms with Crippen molar-refractivity contribution in [1.29, 1.82) is 0 Å². The van der Waals surface area contributed by atoms with Gasteiger partial charge in [0.2, 0.25) is 0 Å². The molecule has 0 spiro atoms. The Balaban J connectivity index is 2.35. The second-order valence-electron chi connectivity index (χ2n) is 6.08. The molecule has 104 valence electrons. The maximum Gasteiger partial charge on any atom is 0.314 e. The molecule has 0 amide bonds. The molecule has 2 rings (SSSR count). The SMILES string of the molecule is CC(C)c1ccc(C2(C(=O)O)CCCCCC2)cc1. The van der Waals surface area contributed by atoms with Crippen LogP contribution < -0.4 is 0 Å². The van der Waals surface area contributed by atoms with Crippen LogP contribution in [0, 0.1) is 0 Å². The molecule has 1 aromatic carbocycles. The van der Waals surface area contributed by atoms with Crippen molar-refractivity contribution in [3.63, 3.8) is 0 Å². The Morgan fingerprint density at radius 2 is 1.58 bits per heavy atom. The molecule has 1 aliphatic rings. The van der Waals surface area contributed by atoms with Crippen LogP contribution in [-0.2, 0) is 10.2 Å². The molecule has 0 heterocycles. The lowest BCUT2D eigenvalue weighted by atomic mass is 9.74. The van der Waals surface area contributed by atoms with Crippen LogP contribution in [-0.4, -0.2) is 11.1 Å². The maximum atomic E-state index is 11.8. The first-order chi connectivity index (χ1) is 9.06. The average Bonchev–Trinajstić information content (AvgIpc) is 2.65. The van der Waals surface area contributed by atoms with Gasteiger partial charge in [0.05, 0.1) is 5.41 Å². The third-order valence-electron chi connectivity index (χ3n) is 4.50. The van der Waals surface area contributed by atoms with Crippen LogP contribution in [0.15, 0.2) is 24.3 Å². The third kappa shape index (κ3) is 2.83. The predicted molar refractivity (Wildman–Crippen MR) is 77.5 cm³/mol. The van der Waals surface area contributed by atoms with Crippen molar-refractivity contribution in [2.75, 3.05) is 0 Å². The summed E-state index contributed by atoms with van der Waals surface area (Å²) in [5, 5.41) is 9.75. The topological polar surface area (TPSA) is 37.3 Å². The summed E-state index contributed by atoms with van der Waals surface area (Å²) in [6.45, 7) is 4.32. The van der Waals surface area contributed by atoms with Crippen molar-refractivity contribution in [2.24, 2.45) is 0 Å². The Hall–Kier alpha value is -1.31. The molecule has 2 nitrogen and oxygen atoms in total. The molecule has 1 fully saturated rings. The standard InChI is InChI=1S/C17H24O2/c1-13(2)14-7-9-15(10-8-14)17(16(18)19)11-5-3-4-6-12-17/h7-10,13H,3-6,11-12H2,1-2H3,(H,18,19). The van der Waals surface area contributed by atoms with Crippen molar-refractivity contribution in [3.05, 3.63) is 35.4 Å². The predicted octanol–water partition coefficient (Wildman–Crippen LogP) is 4.49. The van der Waals surface area contributed by atoms with Crippen LogP contribution in [0.2, 0.25) is 0 Å². The summed E-state index contributed by atoms with van der Waals surface area (Å²) in [6, 6.07) is 8.26. The molecule has 1 aliphatic carbocycles. The Morgan fingerprint density at radius 3 is 2.00 bits per heavy atom. The molecular formula is C17H24O2. The first kappa shape index (κ1) is 14.1. The van der Waals surface area contributed by atoms with Gasteiger partial charge < -0.3 is 5.11 Å². The molecule has 1 N–H and O–H groups in total. The van der Waals surface area contributed by atoms with Crippen LogP contribution >= 0.6 is 0 Å². The first-order valence-corrected chi connectivity index (χ1v) is 7.40. The minimum atomic E-state index is -0.647. The number of hydrogen-bond donors (Lipinski definition) is 1. The summed E-state index contributed by atoms with van der Waals surface area (Å²) in [4.78, 5) is 11.8. The van der Waals surface area contributed by atoms with E-state index in [4.69, 9.17) is 0 Å². The Bertz CT molecular complexity index is 423. The van der Waals surface area contributed by atoms with Gasteiger partial charge in [0.25, 0.3) is 0 Å². The average molecular weight is 260 g/mol. The molecule has 0 unspecified atom stereocenters. The summed E-state index contributed by atoms with van der Waals surface area (Å²) in [5.74, 6) is -0.157. The molecule has 0 aromatic heterocycles. The van der Waals surface area contributed by atoms with Gasteiger partial charge in [0.1, 0.15) is 0 Å². The van der Waals surface area contributed by atoms with E-state index < -0.39 is 11.4 Å². The summed E-state index contributed by atoms with van der Waals surface area (Å²) in [5.41, 5.74) is 1.62. The zero-order chi connectivity index (χ0) is 13.9. The largest absolute Gasteiger partial charge is 0.481 e. The maximum absolute atomic E-state index is 11.8. The Labute approximate surface area is 115 Å². The highest BCUT2D eigenvalue weighted by Crippen LogP contribution is 2.39. The van der Waals surface area contributed by atoms with Gasteiger partial charge in [-0.15, -0.1) is 0 Å². The zero-order valence-corrected chi connectivity index (χ0v) is 12.0. The number of benzene rings is 1. The second kappa shape index (κ2) is 5.77. The van der Waals surface area contributed by atoms with Crippen LogP contribution in [0.1, 0.15) is 69.4 Å². The van der Waals surface area contributed by atoms with Crippen molar-refractivity contribution >= 4 is 5.97 Å². The number of aliphatic carboxylic acids is 1. The summed E-state index contributed by atoms with van der Waals surface area (Å²) >= 11 is 0. The van der Waals surface area contributed by atoms with Crippen molar-refractivity contribution in [1.82, 2.24) is 0 Å². The summed E-state index contributed by atoms with van der Waals surface area (Å²) < 4.78 is 0. The lowest BCUT2D eigenvalue weighted by molar-refractivity contribution is -0.144. The number of hydrogen-bond acceptors (Lipinski definition) is 1.